The zero-order valence-corrected chi connectivity index (χ0v) is 22.7. The fourth-order valence-electron chi connectivity index (χ4n) is 5.68. The molecule has 38 heavy (non-hydrogen) atoms. The van der Waals surface area contributed by atoms with E-state index < -0.39 is 29.9 Å². The summed E-state index contributed by atoms with van der Waals surface area (Å²) in [5, 5.41) is 11.7. The quantitative estimate of drug-likeness (QED) is 0.540. The number of carbonyl (C=O) groups is 1. The number of alkyl halides is 3. The van der Waals surface area contributed by atoms with Crippen LogP contribution in [-0.2, 0) is 11.3 Å². The van der Waals surface area contributed by atoms with E-state index in [1.807, 2.05) is 44.5 Å². The molecule has 1 aliphatic heterocycles. The summed E-state index contributed by atoms with van der Waals surface area (Å²) in [6.45, 7) is 10.1. The first-order valence-corrected chi connectivity index (χ1v) is 13.6. The van der Waals surface area contributed by atoms with E-state index in [1.54, 1.807) is 4.90 Å². The molecule has 0 bridgehead atoms. The van der Waals surface area contributed by atoms with Crippen molar-refractivity contribution >= 4 is 22.9 Å². The number of β-amino-alcohol motifs (C(OH)–C–C–N with tert-alkyl or cyclic N) is 1. The van der Waals surface area contributed by atoms with Crippen LogP contribution >= 0.6 is 0 Å². The molecule has 0 aromatic carbocycles. The lowest BCUT2D eigenvalue weighted by Crippen LogP contribution is -2.49. The normalized spacial score (nSPS) is 25.0. The maximum Gasteiger partial charge on any atom is 0.410 e. The lowest BCUT2D eigenvalue weighted by atomic mass is 9.81. The van der Waals surface area contributed by atoms with Crippen LogP contribution in [0.3, 0.4) is 0 Å². The Morgan fingerprint density at radius 3 is 2.47 bits per heavy atom. The maximum atomic E-state index is 13.1. The Bertz CT molecular complexity index is 1090. The third-order valence-electron chi connectivity index (χ3n) is 7.81. The van der Waals surface area contributed by atoms with E-state index in [0.29, 0.717) is 45.4 Å². The first-order chi connectivity index (χ1) is 17.9. The van der Waals surface area contributed by atoms with Gasteiger partial charge in [-0.25, -0.2) is 14.8 Å². The molecule has 2 aliphatic rings. The van der Waals surface area contributed by atoms with Crippen molar-refractivity contribution in [2.45, 2.75) is 84.2 Å². The predicted molar refractivity (Wildman–Crippen MR) is 139 cm³/mol. The zero-order chi connectivity index (χ0) is 27.7. The Kier molecular flexibility index (Phi) is 8.44. The minimum absolute atomic E-state index is 0.0474. The molecule has 0 spiro atoms. The van der Waals surface area contributed by atoms with Gasteiger partial charge in [0.15, 0.2) is 0 Å². The van der Waals surface area contributed by atoms with Gasteiger partial charge in [-0.1, -0.05) is 0 Å². The van der Waals surface area contributed by atoms with Crippen LogP contribution in [0.4, 0.5) is 23.8 Å². The Balaban J connectivity index is 1.41. The SMILES string of the molecule is CCN(C[C@H]1CC[C@H](C(F)(F)F)CC1)c1ncnc2c1ccn2C[C@@H]1CCN(C(=O)OC(C)(C)C)C[C@H]1O. The van der Waals surface area contributed by atoms with Gasteiger partial charge < -0.3 is 24.2 Å². The van der Waals surface area contributed by atoms with Crippen LogP contribution in [-0.4, -0.2) is 74.7 Å². The zero-order valence-electron chi connectivity index (χ0n) is 22.7. The highest BCUT2D eigenvalue weighted by Gasteiger charge is 2.41. The van der Waals surface area contributed by atoms with Gasteiger partial charge in [-0.2, -0.15) is 13.2 Å². The van der Waals surface area contributed by atoms with Crippen molar-refractivity contribution in [3.63, 3.8) is 0 Å². The highest BCUT2D eigenvalue weighted by Crippen LogP contribution is 2.40. The number of carbonyl (C=O) groups excluding carboxylic acids is 1. The number of nitrogens with zero attached hydrogens (tertiary/aromatic N) is 5. The van der Waals surface area contributed by atoms with Crippen molar-refractivity contribution in [1.82, 2.24) is 19.4 Å². The topological polar surface area (TPSA) is 83.7 Å². The molecule has 0 radical (unpaired) electrons. The van der Waals surface area contributed by atoms with Crippen LogP contribution in [0.5, 0.6) is 0 Å². The highest BCUT2D eigenvalue weighted by atomic mass is 19.4. The molecule has 11 heteroatoms. The number of rotatable bonds is 6. The molecule has 3 heterocycles. The van der Waals surface area contributed by atoms with Crippen LogP contribution in [0.2, 0.25) is 0 Å². The number of ether oxygens (including phenoxy) is 1. The van der Waals surface area contributed by atoms with Gasteiger partial charge in [-0.15, -0.1) is 0 Å². The van der Waals surface area contributed by atoms with Gasteiger partial charge in [0.05, 0.1) is 24.0 Å². The Morgan fingerprint density at radius 1 is 1.16 bits per heavy atom. The van der Waals surface area contributed by atoms with Crippen LogP contribution in [0.1, 0.15) is 59.8 Å². The predicted octanol–water partition coefficient (Wildman–Crippen LogP) is 5.24. The average Bonchev–Trinajstić information content (AvgIpc) is 3.25. The van der Waals surface area contributed by atoms with Gasteiger partial charge in [0.1, 0.15) is 23.4 Å². The number of aliphatic hydroxyl groups excluding tert-OH is 1. The fraction of sp³-hybridized carbons (Fsp3) is 0.741. The summed E-state index contributed by atoms with van der Waals surface area (Å²) >= 11 is 0. The second-order valence-electron chi connectivity index (χ2n) is 11.7. The summed E-state index contributed by atoms with van der Waals surface area (Å²) < 4.78 is 46.7. The third kappa shape index (κ3) is 6.71. The highest BCUT2D eigenvalue weighted by molar-refractivity contribution is 5.87. The first-order valence-electron chi connectivity index (χ1n) is 13.6. The molecular weight excluding hydrogens is 499 g/mol. The molecule has 8 nitrogen and oxygen atoms in total. The fourth-order valence-corrected chi connectivity index (χ4v) is 5.68. The van der Waals surface area contributed by atoms with Gasteiger partial charge in [-0.05, 0) is 71.8 Å². The van der Waals surface area contributed by atoms with Crippen molar-refractivity contribution in [3.05, 3.63) is 18.6 Å². The molecule has 2 aromatic rings. The number of hydrogen-bond acceptors (Lipinski definition) is 6. The molecule has 1 N–H and O–H groups in total. The number of fused-ring (bicyclic) bond motifs is 1. The molecule has 1 saturated carbocycles. The molecule has 0 unspecified atom stereocenters. The van der Waals surface area contributed by atoms with E-state index >= 15 is 0 Å². The van der Waals surface area contributed by atoms with Gasteiger partial charge in [0.2, 0.25) is 0 Å². The van der Waals surface area contributed by atoms with Crippen molar-refractivity contribution in [2.75, 3.05) is 31.1 Å². The van der Waals surface area contributed by atoms with Crippen molar-refractivity contribution in [3.8, 4) is 0 Å². The molecule has 1 aliphatic carbocycles. The van der Waals surface area contributed by atoms with E-state index in [2.05, 4.69) is 14.9 Å². The van der Waals surface area contributed by atoms with E-state index in [-0.39, 0.29) is 31.2 Å². The van der Waals surface area contributed by atoms with Crippen molar-refractivity contribution in [2.24, 2.45) is 17.8 Å². The van der Waals surface area contributed by atoms with E-state index in [9.17, 15) is 23.1 Å². The Hall–Kier alpha value is -2.56. The number of amides is 1. The Morgan fingerprint density at radius 2 is 1.87 bits per heavy atom. The van der Waals surface area contributed by atoms with Crippen LogP contribution in [0, 0.1) is 17.8 Å². The number of halogens is 3. The van der Waals surface area contributed by atoms with Gasteiger partial charge in [-0.3, -0.25) is 0 Å². The largest absolute Gasteiger partial charge is 0.444 e. The van der Waals surface area contributed by atoms with E-state index in [4.69, 9.17) is 4.74 Å². The lowest BCUT2D eigenvalue weighted by molar-refractivity contribution is -0.183. The molecule has 4 rings (SSSR count). The van der Waals surface area contributed by atoms with E-state index in [1.165, 1.54) is 6.33 Å². The summed E-state index contributed by atoms with van der Waals surface area (Å²) in [6.07, 6.45) is 0.422. The van der Waals surface area contributed by atoms with Crippen molar-refractivity contribution < 1.29 is 27.8 Å². The molecule has 1 saturated heterocycles. The number of aliphatic hydroxyl groups is 1. The molecule has 2 aromatic heterocycles. The summed E-state index contributed by atoms with van der Waals surface area (Å²) in [5.74, 6) is -0.241. The minimum atomic E-state index is -4.10. The van der Waals surface area contributed by atoms with Crippen molar-refractivity contribution in [1.29, 1.82) is 0 Å². The second kappa shape index (κ2) is 11.3. The van der Waals surface area contributed by atoms with E-state index in [0.717, 1.165) is 16.9 Å². The van der Waals surface area contributed by atoms with Gasteiger partial charge in [0.25, 0.3) is 0 Å². The number of hydrogen-bond donors (Lipinski definition) is 1. The first kappa shape index (κ1) is 28.4. The minimum Gasteiger partial charge on any atom is -0.444 e. The maximum absolute atomic E-state index is 13.1. The average molecular weight is 540 g/mol. The van der Waals surface area contributed by atoms with Crippen LogP contribution < -0.4 is 4.90 Å². The third-order valence-corrected chi connectivity index (χ3v) is 7.81. The summed E-state index contributed by atoms with van der Waals surface area (Å²) in [7, 11) is 0. The standard InChI is InChI=1S/C27H40F3N5O3/c1-5-33(14-18-6-8-20(9-7-18)27(28,29)30)23-21-11-13-34(24(21)32-17-31-23)15-19-10-12-35(16-22(19)36)25(37)38-26(2,3)4/h11,13,17-20,22,36H,5-10,12,14-16H2,1-4H3/t18-,19-,20-,22+/m0/s1. The summed E-state index contributed by atoms with van der Waals surface area (Å²) in [6, 6.07) is 1.97. The molecule has 212 valence electrons. The van der Waals surface area contributed by atoms with Crippen LogP contribution in [0.25, 0.3) is 11.0 Å². The molecule has 1 amide bonds. The summed E-state index contributed by atoms with van der Waals surface area (Å²) in [5.41, 5.74) is 0.172. The molecule has 2 fully saturated rings. The Labute approximate surface area is 222 Å². The van der Waals surface area contributed by atoms with Gasteiger partial charge >= 0.3 is 12.3 Å². The van der Waals surface area contributed by atoms with Crippen LogP contribution in [0.15, 0.2) is 18.6 Å². The number of anilines is 1. The van der Waals surface area contributed by atoms with Gasteiger partial charge in [0, 0.05) is 38.3 Å². The number of aromatic nitrogens is 3. The smallest absolute Gasteiger partial charge is 0.410 e. The molecule has 2 atom stereocenters. The lowest BCUT2D eigenvalue weighted by Gasteiger charge is -2.36. The monoisotopic (exact) mass is 539 g/mol. The number of piperidine rings is 1. The number of likely N-dealkylation sites (tertiary alicyclic amines) is 1. The second-order valence-corrected chi connectivity index (χ2v) is 11.7. The molecular formula is C27H40F3N5O3. The summed E-state index contributed by atoms with van der Waals surface area (Å²) in [4.78, 5) is 25.2.